The van der Waals surface area contributed by atoms with Crippen LogP contribution in [-0.2, 0) is 6.54 Å². The van der Waals surface area contributed by atoms with Crippen LogP contribution in [0.2, 0.25) is 0 Å². The Morgan fingerprint density at radius 2 is 2.19 bits per heavy atom. The first-order valence-electron chi connectivity index (χ1n) is 6.45. The van der Waals surface area contributed by atoms with Gasteiger partial charge in [0, 0.05) is 25.0 Å². The third-order valence-corrected chi connectivity index (χ3v) is 2.87. The molecule has 1 aromatic rings. The van der Waals surface area contributed by atoms with Gasteiger partial charge in [-0.2, -0.15) is 0 Å². The van der Waals surface area contributed by atoms with Gasteiger partial charge >= 0.3 is 0 Å². The molecule has 0 spiro atoms. The first kappa shape index (κ1) is 13.2. The molecule has 0 aliphatic heterocycles. The van der Waals surface area contributed by atoms with Crippen LogP contribution in [0.15, 0.2) is 24.5 Å². The molecule has 0 fully saturated rings. The summed E-state index contributed by atoms with van der Waals surface area (Å²) in [6.45, 7) is 5.45. The molecule has 1 rings (SSSR count). The fourth-order valence-electron chi connectivity index (χ4n) is 1.77. The Kier molecular flexibility index (Phi) is 6.82. The summed E-state index contributed by atoms with van der Waals surface area (Å²) in [6, 6.07) is 4.71. The van der Waals surface area contributed by atoms with Gasteiger partial charge < -0.3 is 5.32 Å². The zero-order valence-electron chi connectivity index (χ0n) is 10.6. The predicted molar refractivity (Wildman–Crippen MR) is 69.3 cm³/mol. The average Bonchev–Trinajstić information content (AvgIpc) is 2.33. The lowest BCUT2D eigenvalue weighted by Crippen LogP contribution is -2.25. The fourth-order valence-corrected chi connectivity index (χ4v) is 1.77. The second-order valence-corrected chi connectivity index (χ2v) is 4.49. The van der Waals surface area contributed by atoms with Crippen LogP contribution >= 0.6 is 0 Å². The van der Waals surface area contributed by atoms with Crippen LogP contribution in [0.5, 0.6) is 0 Å². The average molecular weight is 220 g/mol. The van der Waals surface area contributed by atoms with Gasteiger partial charge in [-0.3, -0.25) is 4.98 Å². The summed E-state index contributed by atoms with van der Waals surface area (Å²) >= 11 is 0. The monoisotopic (exact) mass is 220 g/mol. The normalized spacial score (nSPS) is 12.6. The number of unbranched alkanes of at least 4 members (excludes halogenated alkanes) is 3. The highest BCUT2D eigenvalue weighted by Crippen LogP contribution is 2.06. The van der Waals surface area contributed by atoms with Crippen molar-refractivity contribution in [1.29, 1.82) is 0 Å². The number of nitrogens with zero attached hydrogens (tertiary/aromatic N) is 1. The summed E-state index contributed by atoms with van der Waals surface area (Å²) in [4.78, 5) is 4.11. The highest BCUT2D eigenvalue weighted by atomic mass is 14.9. The molecular formula is C14H24N2. The van der Waals surface area contributed by atoms with Gasteiger partial charge in [0.1, 0.15) is 0 Å². The lowest BCUT2D eigenvalue weighted by molar-refractivity contribution is 0.482. The molecule has 2 heteroatoms. The first-order chi connectivity index (χ1) is 7.83. The van der Waals surface area contributed by atoms with Crippen molar-refractivity contribution in [3.05, 3.63) is 30.1 Å². The van der Waals surface area contributed by atoms with Crippen molar-refractivity contribution in [2.75, 3.05) is 0 Å². The van der Waals surface area contributed by atoms with Crippen LogP contribution in [0.1, 0.15) is 51.5 Å². The van der Waals surface area contributed by atoms with E-state index in [1.165, 1.54) is 37.7 Å². The lowest BCUT2D eigenvalue weighted by Gasteiger charge is -2.13. The molecule has 1 heterocycles. The van der Waals surface area contributed by atoms with Crippen LogP contribution in [0.3, 0.4) is 0 Å². The molecule has 1 unspecified atom stereocenters. The highest BCUT2D eigenvalue weighted by molar-refractivity contribution is 5.07. The van der Waals surface area contributed by atoms with Gasteiger partial charge in [-0.25, -0.2) is 0 Å². The van der Waals surface area contributed by atoms with Gasteiger partial charge in [0.05, 0.1) is 0 Å². The van der Waals surface area contributed by atoms with E-state index < -0.39 is 0 Å². The molecule has 0 aliphatic carbocycles. The molecule has 0 saturated carbocycles. The minimum Gasteiger partial charge on any atom is -0.310 e. The minimum atomic E-state index is 0.608. The van der Waals surface area contributed by atoms with Crippen molar-refractivity contribution in [2.24, 2.45) is 0 Å². The number of nitrogens with one attached hydrogen (secondary N) is 1. The number of rotatable bonds is 8. The topological polar surface area (TPSA) is 24.9 Å². The summed E-state index contributed by atoms with van der Waals surface area (Å²) < 4.78 is 0. The third kappa shape index (κ3) is 5.86. The molecule has 90 valence electrons. The number of hydrogen-bond acceptors (Lipinski definition) is 2. The molecule has 0 aromatic carbocycles. The van der Waals surface area contributed by atoms with Gasteiger partial charge in [-0.05, 0) is 25.0 Å². The molecule has 0 aliphatic rings. The molecular weight excluding hydrogens is 196 g/mol. The Hall–Kier alpha value is -0.890. The zero-order chi connectivity index (χ0) is 11.6. The van der Waals surface area contributed by atoms with Gasteiger partial charge in [0.2, 0.25) is 0 Å². The van der Waals surface area contributed by atoms with Gasteiger partial charge in [-0.1, -0.05) is 38.7 Å². The summed E-state index contributed by atoms with van der Waals surface area (Å²) in [5.41, 5.74) is 1.27. The van der Waals surface area contributed by atoms with Crippen LogP contribution < -0.4 is 5.32 Å². The van der Waals surface area contributed by atoms with Crippen LogP contribution in [0.25, 0.3) is 0 Å². The van der Waals surface area contributed by atoms with Crippen molar-refractivity contribution in [3.63, 3.8) is 0 Å². The van der Waals surface area contributed by atoms with Crippen LogP contribution in [0.4, 0.5) is 0 Å². The Morgan fingerprint density at radius 1 is 1.31 bits per heavy atom. The van der Waals surface area contributed by atoms with Gasteiger partial charge in [-0.15, -0.1) is 0 Å². The van der Waals surface area contributed by atoms with E-state index in [4.69, 9.17) is 0 Å². The minimum absolute atomic E-state index is 0.608. The Balaban J connectivity index is 2.08. The summed E-state index contributed by atoms with van der Waals surface area (Å²) in [7, 11) is 0. The second-order valence-electron chi connectivity index (χ2n) is 4.49. The van der Waals surface area contributed by atoms with E-state index in [1.807, 2.05) is 18.5 Å². The van der Waals surface area contributed by atoms with E-state index >= 15 is 0 Å². The van der Waals surface area contributed by atoms with Crippen LogP contribution in [0, 0.1) is 0 Å². The SMILES string of the molecule is CCCCCCC(C)NCc1cccnc1. The third-order valence-electron chi connectivity index (χ3n) is 2.87. The molecule has 1 atom stereocenters. The summed E-state index contributed by atoms with van der Waals surface area (Å²) in [6.07, 6.45) is 10.4. The molecule has 1 N–H and O–H groups in total. The van der Waals surface area contributed by atoms with E-state index in [0.717, 1.165) is 6.54 Å². The number of pyridine rings is 1. The maximum absolute atomic E-state index is 4.11. The van der Waals surface area contributed by atoms with Crippen LogP contribution in [-0.4, -0.2) is 11.0 Å². The Bertz CT molecular complexity index is 259. The highest BCUT2D eigenvalue weighted by Gasteiger charge is 2.00. The molecule has 1 aromatic heterocycles. The van der Waals surface area contributed by atoms with E-state index in [1.54, 1.807) is 0 Å². The molecule has 0 amide bonds. The number of hydrogen-bond donors (Lipinski definition) is 1. The van der Waals surface area contributed by atoms with Gasteiger partial charge in [0.15, 0.2) is 0 Å². The fraction of sp³-hybridized carbons (Fsp3) is 0.643. The van der Waals surface area contributed by atoms with E-state index in [9.17, 15) is 0 Å². The standard InChI is InChI=1S/C14H24N2/c1-3-4-5-6-8-13(2)16-12-14-9-7-10-15-11-14/h7,9-11,13,16H,3-6,8,12H2,1-2H3. The molecule has 0 bridgehead atoms. The lowest BCUT2D eigenvalue weighted by atomic mass is 10.1. The smallest absolute Gasteiger partial charge is 0.0312 e. The first-order valence-corrected chi connectivity index (χ1v) is 6.45. The molecule has 2 nitrogen and oxygen atoms in total. The van der Waals surface area contributed by atoms with Crippen molar-refractivity contribution in [1.82, 2.24) is 10.3 Å². The summed E-state index contributed by atoms with van der Waals surface area (Å²) in [5, 5.41) is 3.54. The van der Waals surface area contributed by atoms with E-state index in [0.29, 0.717) is 6.04 Å². The number of aromatic nitrogens is 1. The van der Waals surface area contributed by atoms with Crippen molar-refractivity contribution < 1.29 is 0 Å². The second kappa shape index (κ2) is 8.28. The van der Waals surface area contributed by atoms with Crippen molar-refractivity contribution in [2.45, 2.75) is 58.5 Å². The molecule has 0 saturated heterocycles. The predicted octanol–water partition coefficient (Wildman–Crippen LogP) is 3.53. The Morgan fingerprint density at radius 3 is 2.88 bits per heavy atom. The maximum Gasteiger partial charge on any atom is 0.0312 e. The van der Waals surface area contributed by atoms with E-state index in [2.05, 4.69) is 30.2 Å². The maximum atomic E-state index is 4.11. The largest absolute Gasteiger partial charge is 0.310 e. The van der Waals surface area contributed by atoms with Crippen molar-refractivity contribution >= 4 is 0 Å². The Labute approximate surface area is 99.5 Å². The van der Waals surface area contributed by atoms with Crippen molar-refractivity contribution in [3.8, 4) is 0 Å². The molecule has 0 radical (unpaired) electrons. The van der Waals surface area contributed by atoms with Gasteiger partial charge in [0.25, 0.3) is 0 Å². The zero-order valence-corrected chi connectivity index (χ0v) is 10.6. The molecule has 16 heavy (non-hydrogen) atoms. The quantitative estimate of drug-likeness (QED) is 0.678. The van der Waals surface area contributed by atoms with E-state index in [-0.39, 0.29) is 0 Å². The summed E-state index contributed by atoms with van der Waals surface area (Å²) in [5.74, 6) is 0.